The number of morpholine rings is 1. The molecule has 1 aromatic heterocycles. The van der Waals surface area contributed by atoms with Gasteiger partial charge in [0.2, 0.25) is 0 Å². The van der Waals surface area contributed by atoms with E-state index in [-0.39, 0.29) is 55.1 Å². The van der Waals surface area contributed by atoms with Gasteiger partial charge in [0, 0.05) is 31.6 Å². The number of nitrogens with one attached hydrogen (secondary N) is 2. The zero-order valence-electron chi connectivity index (χ0n) is 19.8. The highest BCUT2D eigenvalue weighted by Gasteiger charge is 2.47. The Balaban J connectivity index is 0.00000216. The molecule has 1 aliphatic heterocycles. The molecule has 1 unspecified atom stereocenters. The van der Waals surface area contributed by atoms with Crippen molar-refractivity contribution >= 4 is 36.4 Å². The second-order valence-electron chi connectivity index (χ2n) is 9.21. The van der Waals surface area contributed by atoms with E-state index < -0.39 is 24.2 Å². The van der Waals surface area contributed by atoms with Crippen LogP contribution < -0.4 is 10.6 Å². The number of aromatic nitrogens is 1. The summed E-state index contributed by atoms with van der Waals surface area (Å²) in [6.07, 6.45) is -3.39. The van der Waals surface area contributed by atoms with Crippen molar-refractivity contribution in [3.8, 4) is 0 Å². The van der Waals surface area contributed by atoms with Gasteiger partial charge in [0.05, 0.1) is 24.2 Å². The Kier molecular flexibility index (Phi) is 9.44. The number of hydrogen-bond donors (Lipinski definition) is 2. The normalized spacial score (nSPS) is 21.7. The summed E-state index contributed by atoms with van der Waals surface area (Å²) in [5, 5.41) is 6.40. The molecule has 1 fully saturated rings. The largest absolute Gasteiger partial charge is 0.414 e. The quantitative estimate of drug-likeness (QED) is 0.599. The van der Waals surface area contributed by atoms with Crippen molar-refractivity contribution < 1.29 is 22.7 Å². The summed E-state index contributed by atoms with van der Waals surface area (Å²) >= 11 is 0. The smallest absolute Gasteiger partial charge is 0.380 e. The van der Waals surface area contributed by atoms with Crippen LogP contribution in [0.15, 0.2) is 42.6 Å². The van der Waals surface area contributed by atoms with Crippen molar-refractivity contribution in [3.63, 3.8) is 0 Å². The molecule has 0 saturated carbocycles. The zero-order valence-corrected chi connectivity index (χ0v) is 21.4. The Morgan fingerprint density at radius 2 is 1.94 bits per heavy atom. The minimum atomic E-state index is -4.68. The topological polar surface area (TPSA) is 66.5 Å². The van der Waals surface area contributed by atoms with Crippen molar-refractivity contribution in [1.29, 1.82) is 0 Å². The molecule has 3 atom stereocenters. The lowest BCUT2D eigenvalue weighted by Gasteiger charge is -2.33. The maximum atomic E-state index is 14.0. The van der Waals surface area contributed by atoms with Crippen LogP contribution in [0.4, 0.5) is 18.9 Å². The van der Waals surface area contributed by atoms with Crippen LogP contribution in [-0.2, 0) is 21.4 Å². The fourth-order valence-corrected chi connectivity index (χ4v) is 4.74. The molecule has 1 saturated heterocycles. The molecular formula is C24H31Cl2F3N4O2. The molecule has 11 heteroatoms. The number of halogens is 5. The van der Waals surface area contributed by atoms with Gasteiger partial charge in [0.25, 0.3) is 5.91 Å². The average molecular weight is 535 g/mol. The van der Waals surface area contributed by atoms with Crippen molar-refractivity contribution in [2.45, 2.75) is 50.0 Å². The number of ether oxygens (including phenoxy) is 1. The van der Waals surface area contributed by atoms with Gasteiger partial charge in [-0.2, -0.15) is 13.2 Å². The summed E-state index contributed by atoms with van der Waals surface area (Å²) < 4.78 is 47.2. The van der Waals surface area contributed by atoms with E-state index in [1.165, 1.54) is 23.4 Å². The Labute approximate surface area is 215 Å². The first-order chi connectivity index (χ1) is 15.6. The molecule has 6 nitrogen and oxygen atoms in total. The molecular weight excluding hydrogens is 504 g/mol. The molecule has 0 radical (unpaired) electrons. The number of benzene rings is 1. The number of amides is 1. The first-order valence-corrected chi connectivity index (χ1v) is 11.1. The van der Waals surface area contributed by atoms with E-state index >= 15 is 0 Å². The Morgan fingerprint density at radius 1 is 1.23 bits per heavy atom. The average Bonchev–Trinajstić information content (AvgIpc) is 3.04. The number of carbonyl (C=O) groups excluding carboxylic acids is 1. The SMILES string of the molecule is CN(C(=O)[C@H]1CNCCO1)C(c1ccc(N[C@H]2Cc3ccccc3C2(C)C)cn1)C(F)(F)F.Cl.Cl. The Hall–Kier alpha value is -2.07. The number of rotatable bonds is 5. The molecule has 2 aromatic rings. The fraction of sp³-hybridized carbons (Fsp3) is 0.500. The van der Waals surface area contributed by atoms with Gasteiger partial charge in [-0.15, -0.1) is 24.8 Å². The third-order valence-corrected chi connectivity index (χ3v) is 6.66. The van der Waals surface area contributed by atoms with E-state index in [0.29, 0.717) is 17.1 Å². The number of likely N-dealkylation sites (N-methyl/N-ethyl adjacent to an activating group) is 1. The van der Waals surface area contributed by atoms with Crippen molar-refractivity contribution in [2.24, 2.45) is 0 Å². The molecule has 0 spiro atoms. The van der Waals surface area contributed by atoms with Crippen LogP contribution in [0.2, 0.25) is 0 Å². The van der Waals surface area contributed by atoms with E-state index in [1.54, 1.807) is 6.07 Å². The van der Waals surface area contributed by atoms with Gasteiger partial charge in [-0.05, 0) is 29.7 Å². The molecule has 35 heavy (non-hydrogen) atoms. The summed E-state index contributed by atoms with van der Waals surface area (Å²) in [5.41, 5.74) is 2.80. The van der Waals surface area contributed by atoms with Gasteiger partial charge < -0.3 is 20.3 Å². The van der Waals surface area contributed by atoms with Crippen LogP contribution >= 0.6 is 24.8 Å². The van der Waals surface area contributed by atoms with Crippen LogP contribution in [0, 0.1) is 0 Å². The molecule has 2 heterocycles. The molecule has 1 aromatic carbocycles. The monoisotopic (exact) mass is 534 g/mol. The van der Waals surface area contributed by atoms with Crippen LogP contribution in [-0.4, -0.2) is 60.9 Å². The Bertz CT molecular complexity index is 999. The van der Waals surface area contributed by atoms with Gasteiger partial charge in [-0.25, -0.2) is 0 Å². The summed E-state index contributed by atoms with van der Waals surface area (Å²) in [7, 11) is 1.14. The minimum Gasteiger partial charge on any atom is -0.380 e. The summed E-state index contributed by atoms with van der Waals surface area (Å²) in [6.45, 7) is 5.33. The highest BCUT2D eigenvalue weighted by molar-refractivity contribution is 5.85. The molecule has 0 bridgehead atoms. The van der Waals surface area contributed by atoms with Crippen LogP contribution in [0.3, 0.4) is 0 Å². The number of hydrogen-bond acceptors (Lipinski definition) is 5. The highest BCUT2D eigenvalue weighted by atomic mass is 35.5. The summed E-state index contributed by atoms with van der Waals surface area (Å²) in [5.74, 6) is -0.723. The van der Waals surface area contributed by atoms with Crippen molar-refractivity contribution in [1.82, 2.24) is 15.2 Å². The minimum absolute atomic E-state index is 0. The van der Waals surface area contributed by atoms with Gasteiger partial charge in [-0.3, -0.25) is 9.78 Å². The van der Waals surface area contributed by atoms with Crippen LogP contribution in [0.25, 0.3) is 0 Å². The first kappa shape index (κ1) is 29.2. The predicted octanol–water partition coefficient (Wildman–Crippen LogP) is 4.29. The molecule has 1 aliphatic carbocycles. The lowest BCUT2D eigenvalue weighted by Crippen LogP contribution is -2.51. The second-order valence-corrected chi connectivity index (χ2v) is 9.21. The van der Waals surface area contributed by atoms with E-state index in [4.69, 9.17) is 4.74 Å². The molecule has 194 valence electrons. The predicted molar refractivity (Wildman–Crippen MR) is 133 cm³/mol. The van der Waals surface area contributed by atoms with Gasteiger partial charge in [0.1, 0.15) is 6.10 Å². The van der Waals surface area contributed by atoms with E-state index in [2.05, 4.69) is 41.6 Å². The highest BCUT2D eigenvalue weighted by Crippen LogP contribution is 2.40. The van der Waals surface area contributed by atoms with Crippen LogP contribution in [0.5, 0.6) is 0 Å². The Morgan fingerprint density at radius 3 is 2.51 bits per heavy atom. The number of alkyl halides is 3. The van der Waals surface area contributed by atoms with Crippen molar-refractivity contribution in [2.75, 3.05) is 32.1 Å². The second kappa shape index (κ2) is 11.3. The lowest BCUT2D eigenvalue weighted by atomic mass is 9.83. The molecule has 4 rings (SSSR count). The third kappa shape index (κ3) is 6.02. The maximum Gasteiger partial charge on any atom is 0.414 e. The van der Waals surface area contributed by atoms with E-state index in [1.807, 2.05) is 12.1 Å². The number of anilines is 1. The molecule has 2 N–H and O–H groups in total. The number of fused-ring (bicyclic) bond motifs is 1. The van der Waals surface area contributed by atoms with Gasteiger partial charge in [-0.1, -0.05) is 38.1 Å². The van der Waals surface area contributed by atoms with Gasteiger partial charge in [0.15, 0.2) is 6.04 Å². The van der Waals surface area contributed by atoms with E-state index in [9.17, 15) is 18.0 Å². The van der Waals surface area contributed by atoms with E-state index in [0.717, 1.165) is 13.5 Å². The molecule has 1 amide bonds. The summed E-state index contributed by atoms with van der Waals surface area (Å²) in [4.78, 5) is 17.4. The van der Waals surface area contributed by atoms with Crippen LogP contribution in [0.1, 0.15) is 36.7 Å². The van der Waals surface area contributed by atoms with Gasteiger partial charge >= 0.3 is 6.18 Å². The standard InChI is InChI=1S/C24H29F3N4O2.2ClH/c1-23(2)17-7-5-4-6-15(17)12-20(23)30-16-8-9-18(29-13-16)21(24(25,26)27)31(3)22(32)19-14-28-10-11-33-19;;/h4-9,13,19-21,28,30H,10-12,14H2,1-3H3;2*1H/t19-,20+,21?;;/m1../s1. The first-order valence-electron chi connectivity index (χ1n) is 11.1. The lowest BCUT2D eigenvalue weighted by molar-refractivity contribution is -0.194. The fourth-order valence-electron chi connectivity index (χ4n) is 4.74. The summed E-state index contributed by atoms with van der Waals surface area (Å²) in [6, 6.07) is 9.10. The number of pyridine rings is 1. The zero-order chi connectivity index (χ0) is 23.8. The number of carbonyl (C=O) groups is 1. The maximum absolute atomic E-state index is 14.0. The van der Waals surface area contributed by atoms with Crippen molar-refractivity contribution in [3.05, 3.63) is 59.4 Å². The number of nitrogens with zero attached hydrogens (tertiary/aromatic N) is 2. The molecule has 2 aliphatic rings. The third-order valence-electron chi connectivity index (χ3n) is 6.66.